The Morgan fingerprint density at radius 3 is 2.63 bits per heavy atom. The maximum absolute atomic E-state index is 12.6. The van der Waals surface area contributed by atoms with E-state index in [0.29, 0.717) is 31.7 Å². The van der Waals surface area contributed by atoms with Crippen molar-refractivity contribution >= 4 is 23.4 Å². The SMILES string of the molecule is Cc1noc(C)c1CCC(=O)N1CCN(c2cc(Nc3ccccn3)ncn2)CC1. The first-order valence-corrected chi connectivity index (χ1v) is 10.0. The number of nitrogens with one attached hydrogen (secondary N) is 1. The molecule has 0 unspecified atom stereocenters. The molecule has 1 aliphatic rings. The standard InChI is InChI=1S/C21H25N7O2/c1-15-17(16(2)30-26-15)6-7-21(29)28-11-9-27(10-12-28)20-13-19(23-14-24-20)25-18-5-3-4-8-22-18/h3-5,8,13-14H,6-7,9-12H2,1-2H3,(H,22,23,24,25). The molecule has 4 heterocycles. The monoisotopic (exact) mass is 407 g/mol. The van der Waals surface area contributed by atoms with E-state index in [4.69, 9.17) is 4.52 Å². The van der Waals surface area contributed by atoms with Crippen molar-refractivity contribution in [2.45, 2.75) is 26.7 Å². The van der Waals surface area contributed by atoms with Gasteiger partial charge < -0.3 is 19.6 Å². The molecule has 1 fully saturated rings. The van der Waals surface area contributed by atoms with E-state index in [1.54, 1.807) is 12.5 Å². The molecular weight excluding hydrogens is 382 g/mol. The van der Waals surface area contributed by atoms with Crippen molar-refractivity contribution < 1.29 is 9.32 Å². The Morgan fingerprint density at radius 2 is 1.93 bits per heavy atom. The fraction of sp³-hybridized carbons (Fsp3) is 0.381. The number of piperazine rings is 1. The highest BCUT2D eigenvalue weighted by molar-refractivity contribution is 5.77. The molecule has 156 valence electrons. The second-order valence-electron chi connectivity index (χ2n) is 7.27. The predicted molar refractivity (Wildman–Crippen MR) is 113 cm³/mol. The molecule has 9 nitrogen and oxygen atoms in total. The molecule has 3 aromatic rings. The van der Waals surface area contributed by atoms with Crippen LogP contribution in [0.2, 0.25) is 0 Å². The van der Waals surface area contributed by atoms with Gasteiger partial charge in [-0.25, -0.2) is 15.0 Å². The third-order valence-corrected chi connectivity index (χ3v) is 5.30. The second kappa shape index (κ2) is 8.89. The van der Waals surface area contributed by atoms with E-state index in [9.17, 15) is 4.79 Å². The first-order valence-electron chi connectivity index (χ1n) is 10.0. The molecule has 1 saturated heterocycles. The highest BCUT2D eigenvalue weighted by Gasteiger charge is 2.22. The molecule has 1 N–H and O–H groups in total. The van der Waals surface area contributed by atoms with Gasteiger partial charge in [0.1, 0.15) is 29.5 Å². The lowest BCUT2D eigenvalue weighted by molar-refractivity contribution is -0.131. The Bertz CT molecular complexity index is 978. The predicted octanol–water partition coefficient (Wildman–Crippen LogP) is 2.50. The largest absolute Gasteiger partial charge is 0.361 e. The van der Waals surface area contributed by atoms with Crippen molar-refractivity contribution in [3.05, 3.63) is 53.8 Å². The lowest BCUT2D eigenvalue weighted by Gasteiger charge is -2.35. The topological polar surface area (TPSA) is 100 Å². The molecule has 1 amide bonds. The molecule has 0 aliphatic carbocycles. The minimum absolute atomic E-state index is 0.162. The van der Waals surface area contributed by atoms with Gasteiger partial charge in [-0.05, 0) is 32.4 Å². The van der Waals surface area contributed by atoms with Gasteiger partial charge in [-0.2, -0.15) is 0 Å². The van der Waals surface area contributed by atoms with E-state index in [-0.39, 0.29) is 5.91 Å². The van der Waals surface area contributed by atoms with Crippen LogP contribution in [0.1, 0.15) is 23.4 Å². The number of hydrogen-bond acceptors (Lipinski definition) is 8. The van der Waals surface area contributed by atoms with Crippen molar-refractivity contribution in [3.63, 3.8) is 0 Å². The number of rotatable bonds is 6. The molecule has 9 heteroatoms. The summed E-state index contributed by atoms with van der Waals surface area (Å²) in [7, 11) is 0. The molecule has 30 heavy (non-hydrogen) atoms. The number of aryl methyl sites for hydroxylation is 2. The molecule has 0 saturated carbocycles. The molecule has 0 aromatic carbocycles. The first kappa shape index (κ1) is 19.8. The van der Waals surface area contributed by atoms with Crippen LogP contribution in [0, 0.1) is 13.8 Å². The Labute approximate surface area is 175 Å². The Kier molecular flexibility index (Phi) is 5.87. The van der Waals surface area contributed by atoms with Gasteiger partial charge in [0.25, 0.3) is 0 Å². The maximum Gasteiger partial charge on any atom is 0.223 e. The Hall–Kier alpha value is -3.49. The van der Waals surface area contributed by atoms with Crippen molar-refractivity contribution in [3.8, 4) is 0 Å². The molecule has 3 aromatic heterocycles. The zero-order valence-electron chi connectivity index (χ0n) is 17.2. The van der Waals surface area contributed by atoms with Gasteiger partial charge in [0.2, 0.25) is 5.91 Å². The summed E-state index contributed by atoms with van der Waals surface area (Å²) < 4.78 is 5.18. The van der Waals surface area contributed by atoms with Gasteiger partial charge in [-0.3, -0.25) is 4.79 Å². The number of carbonyl (C=O) groups excluding carboxylic acids is 1. The lowest BCUT2D eigenvalue weighted by atomic mass is 10.1. The van der Waals surface area contributed by atoms with E-state index in [1.165, 1.54) is 0 Å². The highest BCUT2D eigenvalue weighted by Crippen LogP contribution is 2.20. The molecule has 0 atom stereocenters. The zero-order chi connectivity index (χ0) is 20.9. The maximum atomic E-state index is 12.6. The summed E-state index contributed by atoms with van der Waals surface area (Å²) in [6.45, 7) is 6.61. The van der Waals surface area contributed by atoms with Gasteiger partial charge in [0.05, 0.1) is 5.69 Å². The summed E-state index contributed by atoms with van der Waals surface area (Å²) in [6, 6.07) is 7.57. The molecule has 4 rings (SSSR count). The number of amides is 1. The van der Waals surface area contributed by atoms with Crippen LogP contribution in [-0.2, 0) is 11.2 Å². The van der Waals surface area contributed by atoms with Crippen molar-refractivity contribution in [1.29, 1.82) is 0 Å². The van der Waals surface area contributed by atoms with Crippen LogP contribution in [0.5, 0.6) is 0 Å². The van der Waals surface area contributed by atoms with Gasteiger partial charge in [-0.1, -0.05) is 11.2 Å². The van der Waals surface area contributed by atoms with Crippen LogP contribution in [0.3, 0.4) is 0 Å². The van der Waals surface area contributed by atoms with Crippen LogP contribution in [-0.4, -0.2) is 57.1 Å². The van der Waals surface area contributed by atoms with E-state index in [0.717, 1.165) is 41.7 Å². The second-order valence-corrected chi connectivity index (χ2v) is 7.27. The lowest BCUT2D eigenvalue weighted by Crippen LogP contribution is -2.49. The molecule has 1 aliphatic heterocycles. The van der Waals surface area contributed by atoms with Crippen molar-refractivity contribution in [2.24, 2.45) is 0 Å². The van der Waals surface area contributed by atoms with Crippen LogP contribution >= 0.6 is 0 Å². The molecule has 0 radical (unpaired) electrons. The Balaban J connectivity index is 1.31. The molecule has 0 spiro atoms. The van der Waals surface area contributed by atoms with Crippen LogP contribution in [0.15, 0.2) is 41.3 Å². The number of nitrogens with zero attached hydrogens (tertiary/aromatic N) is 6. The van der Waals surface area contributed by atoms with E-state index >= 15 is 0 Å². The van der Waals surface area contributed by atoms with Crippen LogP contribution in [0.25, 0.3) is 0 Å². The normalized spacial score (nSPS) is 14.1. The van der Waals surface area contributed by atoms with Gasteiger partial charge in [0.15, 0.2) is 0 Å². The summed E-state index contributed by atoms with van der Waals surface area (Å²) in [6.07, 6.45) is 4.40. The number of hydrogen-bond donors (Lipinski definition) is 1. The summed E-state index contributed by atoms with van der Waals surface area (Å²) in [5, 5.41) is 7.14. The van der Waals surface area contributed by atoms with E-state index in [1.807, 2.05) is 43.0 Å². The number of anilines is 3. The first-order chi connectivity index (χ1) is 14.6. The molecule has 0 bridgehead atoms. The number of carbonyl (C=O) groups is 1. The van der Waals surface area contributed by atoms with Gasteiger partial charge in [-0.15, -0.1) is 0 Å². The average molecular weight is 407 g/mol. The third-order valence-electron chi connectivity index (χ3n) is 5.30. The molecular formula is C21H25N7O2. The summed E-state index contributed by atoms with van der Waals surface area (Å²) >= 11 is 0. The van der Waals surface area contributed by atoms with Crippen molar-refractivity contribution in [2.75, 3.05) is 36.4 Å². The number of pyridine rings is 1. The van der Waals surface area contributed by atoms with Crippen LogP contribution in [0.4, 0.5) is 17.5 Å². The van der Waals surface area contributed by atoms with Crippen LogP contribution < -0.4 is 10.2 Å². The van der Waals surface area contributed by atoms with Gasteiger partial charge in [0, 0.05) is 50.4 Å². The van der Waals surface area contributed by atoms with E-state index < -0.39 is 0 Å². The highest BCUT2D eigenvalue weighted by atomic mass is 16.5. The van der Waals surface area contributed by atoms with E-state index in [2.05, 4.69) is 30.3 Å². The minimum Gasteiger partial charge on any atom is -0.361 e. The third kappa shape index (κ3) is 4.56. The summed E-state index contributed by atoms with van der Waals surface area (Å²) in [5.41, 5.74) is 1.90. The summed E-state index contributed by atoms with van der Waals surface area (Å²) in [4.78, 5) is 29.6. The minimum atomic E-state index is 0.162. The average Bonchev–Trinajstić information content (AvgIpc) is 3.10. The van der Waals surface area contributed by atoms with Gasteiger partial charge >= 0.3 is 0 Å². The fourth-order valence-electron chi connectivity index (χ4n) is 3.59. The Morgan fingerprint density at radius 1 is 1.10 bits per heavy atom. The fourth-order valence-corrected chi connectivity index (χ4v) is 3.59. The number of aromatic nitrogens is 4. The zero-order valence-corrected chi connectivity index (χ0v) is 17.2. The van der Waals surface area contributed by atoms with Crippen molar-refractivity contribution in [1.82, 2.24) is 25.0 Å². The quantitative estimate of drug-likeness (QED) is 0.665. The summed E-state index contributed by atoms with van der Waals surface area (Å²) in [5.74, 6) is 3.22. The smallest absolute Gasteiger partial charge is 0.223 e.